The van der Waals surface area contributed by atoms with Crippen molar-refractivity contribution in [2.24, 2.45) is 0 Å². The van der Waals surface area contributed by atoms with Crippen LogP contribution in [0.4, 0.5) is 5.69 Å². The van der Waals surface area contributed by atoms with E-state index in [2.05, 4.69) is 17.4 Å². The minimum Gasteiger partial charge on any atom is -0.493 e. The van der Waals surface area contributed by atoms with E-state index in [0.717, 1.165) is 16.8 Å². The van der Waals surface area contributed by atoms with Crippen molar-refractivity contribution in [1.29, 1.82) is 0 Å². The molecule has 4 nitrogen and oxygen atoms in total. The van der Waals surface area contributed by atoms with Gasteiger partial charge < -0.3 is 14.5 Å². The standard InChI is InChI=1S/C23H19NO3S/c1-26-20-9-5-6-17-14-21(27-22(17)20)23(25)24-18-12-10-16(11-13-18)15-28-19-7-3-2-4-8-19/h2-14H,15H2,1H3,(H,24,25). The number of methoxy groups -OCH3 is 1. The Labute approximate surface area is 167 Å². The number of ether oxygens (including phenoxy) is 1. The van der Waals surface area contributed by atoms with Crippen LogP contribution < -0.4 is 10.1 Å². The third-order valence-electron chi connectivity index (χ3n) is 4.31. The van der Waals surface area contributed by atoms with E-state index in [1.807, 2.05) is 54.6 Å². The molecule has 5 heteroatoms. The monoisotopic (exact) mass is 389 g/mol. The Morgan fingerprint density at radius 3 is 2.54 bits per heavy atom. The van der Waals surface area contributed by atoms with E-state index in [9.17, 15) is 4.79 Å². The normalized spacial score (nSPS) is 10.8. The van der Waals surface area contributed by atoms with Crippen LogP contribution in [0.15, 0.2) is 88.2 Å². The summed E-state index contributed by atoms with van der Waals surface area (Å²) in [6, 6.07) is 25.4. The summed E-state index contributed by atoms with van der Waals surface area (Å²) < 4.78 is 11.0. The van der Waals surface area contributed by atoms with Gasteiger partial charge in [-0.05, 0) is 42.0 Å². The topological polar surface area (TPSA) is 51.5 Å². The lowest BCUT2D eigenvalue weighted by molar-refractivity contribution is 0.0998. The third-order valence-corrected chi connectivity index (χ3v) is 5.40. The van der Waals surface area contributed by atoms with Crippen LogP contribution in [-0.4, -0.2) is 13.0 Å². The molecule has 1 amide bonds. The fraction of sp³-hybridized carbons (Fsp3) is 0.0870. The predicted octanol–water partition coefficient (Wildman–Crippen LogP) is 5.99. The number of nitrogens with one attached hydrogen (secondary N) is 1. The number of thioether (sulfide) groups is 1. The fourth-order valence-corrected chi connectivity index (χ4v) is 3.74. The first kappa shape index (κ1) is 18.2. The first-order chi connectivity index (χ1) is 13.7. The number of carbonyl (C=O) groups is 1. The molecule has 4 aromatic rings. The second-order valence-electron chi connectivity index (χ2n) is 6.24. The van der Waals surface area contributed by atoms with Crippen LogP contribution in [0.2, 0.25) is 0 Å². The van der Waals surface area contributed by atoms with E-state index in [-0.39, 0.29) is 11.7 Å². The summed E-state index contributed by atoms with van der Waals surface area (Å²) in [6.07, 6.45) is 0. The zero-order valence-corrected chi connectivity index (χ0v) is 16.2. The number of amides is 1. The zero-order chi connectivity index (χ0) is 19.3. The van der Waals surface area contributed by atoms with Crippen LogP contribution in [-0.2, 0) is 5.75 Å². The van der Waals surface area contributed by atoms with E-state index < -0.39 is 0 Å². The van der Waals surface area contributed by atoms with Gasteiger partial charge in [0.2, 0.25) is 0 Å². The fourth-order valence-electron chi connectivity index (χ4n) is 2.87. The highest BCUT2D eigenvalue weighted by Gasteiger charge is 2.15. The van der Waals surface area contributed by atoms with Crippen LogP contribution in [0.1, 0.15) is 16.1 Å². The van der Waals surface area contributed by atoms with Gasteiger partial charge in [-0.3, -0.25) is 4.79 Å². The lowest BCUT2D eigenvalue weighted by Gasteiger charge is -2.06. The van der Waals surface area contributed by atoms with Gasteiger partial charge in [-0.25, -0.2) is 0 Å². The average Bonchev–Trinajstić information content (AvgIpc) is 3.19. The van der Waals surface area contributed by atoms with Crippen LogP contribution in [0.25, 0.3) is 11.0 Å². The molecular weight excluding hydrogens is 370 g/mol. The Hall–Kier alpha value is -3.18. The van der Waals surface area contributed by atoms with E-state index in [0.29, 0.717) is 11.3 Å². The van der Waals surface area contributed by atoms with Gasteiger partial charge >= 0.3 is 0 Å². The summed E-state index contributed by atoms with van der Waals surface area (Å²) in [5, 5.41) is 3.71. The predicted molar refractivity (Wildman–Crippen MR) is 113 cm³/mol. The molecule has 0 unspecified atom stereocenters. The van der Waals surface area contributed by atoms with Crippen molar-refractivity contribution in [1.82, 2.24) is 0 Å². The number of fused-ring (bicyclic) bond motifs is 1. The number of benzene rings is 3. The van der Waals surface area contributed by atoms with Gasteiger partial charge in [-0.2, -0.15) is 0 Å². The quantitative estimate of drug-likeness (QED) is 0.412. The maximum Gasteiger partial charge on any atom is 0.291 e. The number of anilines is 1. The maximum absolute atomic E-state index is 12.5. The Bertz CT molecular complexity index is 1090. The minimum atomic E-state index is -0.287. The lowest BCUT2D eigenvalue weighted by atomic mass is 10.2. The zero-order valence-electron chi connectivity index (χ0n) is 15.3. The van der Waals surface area contributed by atoms with E-state index in [1.165, 1.54) is 10.5 Å². The Balaban J connectivity index is 1.42. The second kappa shape index (κ2) is 8.23. The van der Waals surface area contributed by atoms with Crippen molar-refractivity contribution < 1.29 is 13.9 Å². The van der Waals surface area contributed by atoms with Crippen molar-refractivity contribution in [2.45, 2.75) is 10.6 Å². The molecule has 0 radical (unpaired) electrons. The first-order valence-electron chi connectivity index (χ1n) is 8.87. The van der Waals surface area contributed by atoms with Crippen LogP contribution in [0, 0.1) is 0 Å². The Morgan fingerprint density at radius 2 is 1.79 bits per heavy atom. The summed E-state index contributed by atoms with van der Waals surface area (Å²) in [7, 11) is 1.58. The average molecular weight is 389 g/mol. The van der Waals surface area contributed by atoms with Crippen LogP contribution in [0.5, 0.6) is 5.75 Å². The van der Waals surface area contributed by atoms with Crippen LogP contribution >= 0.6 is 11.8 Å². The molecule has 1 N–H and O–H groups in total. The summed E-state index contributed by atoms with van der Waals surface area (Å²) in [5.74, 6) is 1.45. The molecule has 140 valence electrons. The molecule has 0 saturated heterocycles. The highest BCUT2D eigenvalue weighted by atomic mass is 32.2. The molecule has 0 saturated carbocycles. The Kier molecular flexibility index (Phi) is 5.35. The molecule has 4 rings (SSSR count). The number of rotatable bonds is 6. The van der Waals surface area contributed by atoms with Gasteiger partial charge in [0.05, 0.1) is 7.11 Å². The number of hydrogen-bond donors (Lipinski definition) is 1. The van der Waals surface area contributed by atoms with Crippen molar-refractivity contribution in [3.8, 4) is 5.75 Å². The molecule has 3 aromatic carbocycles. The van der Waals surface area contributed by atoms with Crippen molar-refractivity contribution in [2.75, 3.05) is 12.4 Å². The smallest absolute Gasteiger partial charge is 0.291 e. The number of carbonyl (C=O) groups excluding carboxylic acids is 1. The van der Waals surface area contributed by atoms with Gasteiger partial charge in [0.15, 0.2) is 17.1 Å². The highest BCUT2D eigenvalue weighted by molar-refractivity contribution is 7.98. The van der Waals surface area contributed by atoms with Gasteiger partial charge in [-0.15, -0.1) is 11.8 Å². The molecule has 28 heavy (non-hydrogen) atoms. The van der Waals surface area contributed by atoms with Gasteiger partial charge in [0.1, 0.15) is 0 Å². The summed E-state index contributed by atoms with van der Waals surface area (Å²) >= 11 is 1.78. The number of furan rings is 1. The van der Waals surface area contributed by atoms with E-state index in [1.54, 1.807) is 31.0 Å². The third kappa shape index (κ3) is 4.05. The highest BCUT2D eigenvalue weighted by Crippen LogP contribution is 2.29. The van der Waals surface area contributed by atoms with Crippen molar-refractivity contribution in [3.05, 3.63) is 90.2 Å². The molecular formula is C23H19NO3S. The van der Waals surface area contributed by atoms with Crippen molar-refractivity contribution in [3.63, 3.8) is 0 Å². The SMILES string of the molecule is COc1cccc2cc(C(=O)Nc3ccc(CSc4ccccc4)cc3)oc12. The summed E-state index contributed by atoms with van der Waals surface area (Å²) in [6.45, 7) is 0. The van der Waals surface area contributed by atoms with Gasteiger partial charge in [0, 0.05) is 21.7 Å². The summed E-state index contributed by atoms with van der Waals surface area (Å²) in [5.41, 5.74) is 2.50. The van der Waals surface area contributed by atoms with E-state index in [4.69, 9.17) is 9.15 Å². The Morgan fingerprint density at radius 1 is 1.00 bits per heavy atom. The molecule has 0 aliphatic rings. The second-order valence-corrected chi connectivity index (χ2v) is 7.29. The molecule has 0 aliphatic heterocycles. The van der Waals surface area contributed by atoms with Gasteiger partial charge in [-0.1, -0.05) is 42.5 Å². The molecule has 1 heterocycles. The van der Waals surface area contributed by atoms with Crippen molar-refractivity contribution >= 4 is 34.3 Å². The molecule has 0 fully saturated rings. The van der Waals surface area contributed by atoms with Crippen LogP contribution in [0.3, 0.4) is 0 Å². The largest absolute Gasteiger partial charge is 0.493 e. The number of hydrogen-bond acceptors (Lipinski definition) is 4. The van der Waals surface area contributed by atoms with Gasteiger partial charge in [0.25, 0.3) is 5.91 Å². The maximum atomic E-state index is 12.5. The number of para-hydroxylation sites is 1. The van der Waals surface area contributed by atoms with E-state index >= 15 is 0 Å². The summed E-state index contributed by atoms with van der Waals surface area (Å²) in [4.78, 5) is 13.8. The lowest BCUT2D eigenvalue weighted by Crippen LogP contribution is -2.10. The molecule has 0 aliphatic carbocycles. The first-order valence-corrected chi connectivity index (χ1v) is 9.86. The molecule has 0 spiro atoms. The minimum absolute atomic E-state index is 0.253. The molecule has 0 atom stereocenters. The molecule has 1 aromatic heterocycles. The molecule has 0 bridgehead atoms.